The van der Waals surface area contributed by atoms with Gasteiger partial charge in [0.05, 0.1) is 3.39 Å². The second kappa shape index (κ2) is 6.05. The van der Waals surface area contributed by atoms with Crippen LogP contribution in [0.3, 0.4) is 0 Å². The van der Waals surface area contributed by atoms with Crippen molar-refractivity contribution in [1.82, 2.24) is 0 Å². The Morgan fingerprint density at radius 3 is 2.31 bits per heavy atom. The molecule has 0 saturated carbocycles. The lowest BCUT2D eigenvalue weighted by molar-refractivity contribution is 0.760. The lowest BCUT2D eigenvalue weighted by atomic mass is 10.1. The summed E-state index contributed by atoms with van der Waals surface area (Å²) in [6.45, 7) is 8.96. The Kier molecular flexibility index (Phi) is 6.28. The monoisotopic (exact) mass is 322 g/mol. The number of halogens is 2. The third-order valence-corrected chi connectivity index (χ3v) is 2.75. The molecule has 0 aliphatic heterocycles. The molecule has 13 heavy (non-hydrogen) atoms. The largest absolute Gasteiger partial charge is 0.132 e. The molecule has 0 amide bonds. The molecule has 0 aliphatic rings. The van der Waals surface area contributed by atoms with Gasteiger partial charge in [-0.3, -0.25) is 0 Å². The Bertz CT molecular complexity index is 236. The number of allylic oxidation sites excluding steroid dienone is 1. The smallest absolute Gasteiger partial charge is 0.129 e. The van der Waals surface area contributed by atoms with Crippen LogP contribution in [-0.2, 0) is 0 Å². The highest BCUT2D eigenvalue weighted by molar-refractivity contribution is 9.28. The quantitative estimate of drug-likeness (QED) is 0.517. The summed E-state index contributed by atoms with van der Waals surface area (Å²) in [4.78, 5) is 0. The van der Waals surface area contributed by atoms with Gasteiger partial charge in [0.1, 0.15) is 8.07 Å². The zero-order chi connectivity index (χ0) is 10.5. The molecule has 0 radical (unpaired) electrons. The van der Waals surface area contributed by atoms with Gasteiger partial charge in [-0.1, -0.05) is 32.6 Å². The van der Waals surface area contributed by atoms with Crippen LogP contribution in [0.15, 0.2) is 9.47 Å². The Morgan fingerprint density at radius 2 is 1.92 bits per heavy atom. The van der Waals surface area contributed by atoms with Crippen LogP contribution in [-0.4, -0.2) is 8.07 Å². The zero-order valence-corrected chi connectivity index (χ0v) is 12.8. The summed E-state index contributed by atoms with van der Waals surface area (Å²) in [5.74, 6) is 3.77. The summed E-state index contributed by atoms with van der Waals surface area (Å²) in [5.41, 5.74) is 3.36. The van der Waals surface area contributed by atoms with E-state index in [1.807, 2.05) is 0 Å². The Hall–Kier alpha value is 0.477. The number of rotatable bonds is 2. The minimum Gasteiger partial charge on any atom is -0.132 e. The standard InChI is InChI=1S/C10H16Br2Si/c1-9(8-10(11)12)6-5-7-13(2,3)4/h8-9H,6H2,1-4H3/t9-/m1/s1. The highest BCUT2D eigenvalue weighted by Crippen LogP contribution is 2.17. The fourth-order valence-corrected chi connectivity index (χ4v) is 2.29. The van der Waals surface area contributed by atoms with Crippen molar-refractivity contribution in [2.24, 2.45) is 5.92 Å². The number of hydrogen-bond acceptors (Lipinski definition) is 0. The van der Waals surface area contributed by atoms with Crippen molar-refractivity contribution in [3.63, 3.8) is 0 Å². The highest BCUT2D eigenvalue weighted by Gasteiger charge is 2.07. The molecule has 0 fully saturated rings. The third kappa shape index (κ3) is 10.4. The van der Waals surface area contributed by atoms with Gasteiger partial charge in [0.2, 0.25) is 0 Å². The minimum atomic E-state index is -1.17. The van der Waals surface area contributed by atoms with Crippen molar-refractivity contribution in [3.8, 4) is 11.5 Å². The van der Waals surface area contributed by atoms with Crippen LogP contribution in [0.4, 0.5) is 0 Å². The number of hydrogen-bond donors (Lipinski definition) is 0. The predicted octanol–water partition coefficient (Wildman–Crippen LogP) is 4.52. The van der Waals surface area contributed by atoms with Crippen molar-refractivity contribution in [3.05, 3.63) is 9.47 Å². The summed E-state index contributed by atoms with van der Waals surface area (Å²) in [7, 11) is -1.17. The Morgan fingerprint density at radius 1 is 1.38 bits per heavy atom. The molecule has 0 rings (SSSR count). The van der Waals surface area contributed by atoms with Crippen LogP contribution in [0.1, 0.15) is 13.3 Å². The maximum Gasteiger partial charge on any atom is 0.129 e. The van der Waals surface area contributed by atoms with Gasteiger partial charge in [-0.05, 0) is 37.8 Å². The molecule has 0 unspecified atom stereocenters. The molecule has 0 spiro atoms. The van der Waals surface area contributed by atoms with Crippen LogP contribution < -0.4 is 0 Å². The molecule has 0 aromatic heterocycles. The van der Waals surface area contributed by atoms with Crippen molar-refractivity contribution >= 4 is 39.9 Å². The predicted molar refractivity (Wildman–Crippen MR) is 70.8 cm³/mol. The van der Waals surface area contributed by atoms with E-state index in [-0.39, 0.29) is 0 Å². The Balaban J connectivity index is 4.01. The molecule has 74 valence electrons. The molecule has 3 heteroatoms. The van der Waals surface area contributed by atoms with E-state index in [0.29, 0.717) is 5.92 Å². The van der Waals surface area contributed by atoms with Gasteiger partial charge in [0.25, 0.3) is 0 Å². The molecule has 0 aromatic rings. The van der Waals surface area contributed by atoms with E-state index in [2.05, 4.69) is 76.0 Å². The lowest BCUT2D eigenvalue weighted by Gasteiger charge is -2.04. The maximum atomic E-state index is 3.36. The van der Waals surface area contributed by atoms with Gasteiger partial charge in [-0.15, -0.1) is 11.5 Å². The first kappa shape index (κ1) is 13.5. The normalized spacial score (nSPS) is 12.8. The first-order valence-corrected chi connectivity index (χ1v) is 9.43. The van der Waals surface area contributed by atoms with Crippen LogP contribution in [0.5, 0.6) is 0 Å². The van der Waals surface area contributed by atoms with Crippen molar-refractivity contribution < 1.29 is 0 Å². The summed E-state index contributed by atoms with van der Waals surface area (Å²) < 4.78 is 1.02. The topological polar surface area (TPSA) is 0 Å². The molecular weight excluding hydrogens is 308 g/mol. The van der Waals surface area contributed by atoms with E-state index in [0.717, 1.165) is 9.81 Å². The van der Waals surface area contributed by atoms with Gasteiger partial charge >= 0.3 is 0 Å². The molecule has 0 saturated heterocycles. The fourth-order valence-electron chi connectivity index (χ4n) is 0.751. The van der Waals surface area contributed by atoms with Crippen LogP contribution in [0, 0.1) is 17.4 Å². The minimum absolute atomic E-state index is 0.512. The van der Waals surface area contributed by atoms with Gasteiger partial charge in [0.15, 0.2) is 0 Å². The zero-order valence-electron chi connectivity index (χ0n) is 8.62. The van der Waals surface area contributed by atoms with Gasteiger partial charge in [0, 0.05) is 6.42 Å². The van der Waals surface area contributed by atoms with E-state index >= 15 is 0 Å². The second-order valence-corrected chi connectivity index (χ2v) is 11.7. The van der Waals surface area contributed by atoms with Crippen LogP contribution in [0.2, 0.25) is 19.6 Å². The molecule has 0 aliphatic carbocycles. The van der Waals surface area contributed by atoms with E-state index in [9.17, 15) is 0 Å². The molecule has 0 nitrogen and oxygen atoms in total. The summed E-state index contributed by atoms with van der Waals surface area (Å²) in [6, 6.07) is 0. The van der Waals surface area contributed by atoms with E-state index in [4.69, 9.17) is 0 Å². The first-order valence-electron chi connectivity index (χ1n) is 4.34. The fraction of sp³-hybridized carbons (Fsp3) is 0.600. The summed E-state index contributed by atoms with van der Waals surface area (Å²) in [5, 5.41) is 0. The van der Waals surface area contributed by atoms with E-state index in [1.54, 1.807) is 0 Å². The summed E-state index contributed by atoms with van der Waals surface area (Å²) in [6.07, 6.45) is 3.07. The lowest BCUT2D eigenvalue weighted by Crippen LogP contribution is -2.16. The van der Waals surface area contributed by atoms with Crippen molar-refractivity contribution in [2.75, 3.05) is 0 Å². The first-order chi connectivity index (χ1) is 5.81. The van der Waals surface area contributed by atoms with Crippen molar-refractivity contribution in [2.45, 2.75) is 33.0 Å². The molecule has 0 bridgehead atoms. The third-order valence-electron chi connectivity index (χ3n) is 1.30. The molecule has 1 atom stereocenters. The SMILES string of the molecule is C[C@@H](C=C(Br)Br)CC#C[Si](C)(C)C. The maximum absolute atomic E-state index is 3.36. The van der Waals surface area contributed by atoms with Gasteiger partial charge in [-0.25, -0.2) is 0 Å². The van der Waals surface area contributed by atoms with Gasteiger partial charge in [-0.2, -0.15) is 0 Å². The molecule has 0 aromatic carbocycles. The average molecular weight is 324 g/mol. The van der Waals surface area contributed by atoms with E-state index in [1.165, 1.54) is 0 Å². The molecule has 0 heterocycles. The van der Waals surface area contributed by atoms with Crippen LogP contribution in [0.25, 0.3) is 0 Å². The van der Waals surface area contributed by atoms with Crippen molar-refractivity contribution in [1.29, 1.82) is 0 Å². The molecule has 0 N–H and O–H groups in total. The molecular formula is C10H16Br2Si. The van der Waals surface area contributed by atoms with Crippen LogP contribution >= 0.6 is 31.9 Å². The highest BCUT2D eigenvalue weighted by atomic mass is 79.9. The van der Waals surface area contributed by atoms with E-state index < -0.39 is 8.07 Å². The summed E-state index contributed by atoms with van der Waals surface area (Å²) >= 11 is 6.69. The van der Waals surface area contributed by atoms with Gasteiger partial charge < -0.3 is 0 Å². The average Bonchev–Trinajstić information content (AvgIpc) is 1.81. The second-order valence-electron chi connectivity index (χ2n) is 4.19. The Labute approximate surface area is 99.4 Å².